The molecular formula is C8H8FO. The van der Waals surface area contributed by atoms with Crippen molar-refractivity contribution < 1.29 is 9.13 Å². The van der Waals surface area contributed by atoms with E-state index in [1.165, 1.54) is 0 Å². The Balaban J connectivity index is 2.43. The first-order valence-electron chi connectivity index (χ1n) is 3.01. The summed E-state index contributed by atoms with van der Waals surface area (Å²) in [6.07, 6.45) is 0. The molecule has 0 aliphatic heterocycles. The molecule has 53 valence electrons. The first-order chi connectivity index (χ1) is 4.93. The van der Waals surface area contributed by atoms with E-state index in [1.807, 2.05) is 30.3 Å². The van der Waals surface area contributed by atoms with Gasteiger partial charge in [0.25, 0.3) is 6.86 Å². The Morgan fingerprint density at radius 2 is 2.00 bits per heavy atom. The molecule has 0 aliphatic rings. The summed E-state index contributed by atoms with van der Waals surface area (Å²) >= 11 is 0. The molecule has 0 fully saturated rings. The van der Waals surface area contributed by atoms with E-state index in [0.717, 1.165) is 5.56 Å². The quantitative estimate of drug-likeness (QED) is 0.624. The Morgan fingerprint density at radius 1 is 1.30 bits per heavy atom. The molecule has 1 nitrogen and oxygen atoms in total. The molecule has 0 saturated carbocycles. The van der Waals surface area contributed by atoms with Gasteiger partial charge in [0, 0.05) is 0 Å². The van der Waals surface area contributed by atoms with Gasteiger partial charge in [0.05, 0.1) is 6.61 Å². The second-order valence-corrected chi connectivity index (χ2v) is 1.89. The highest BCUT2D eigenvalue weighted by Crippen LogP contribution is 2.00. The molecular weight excluding hydrogens is 131 g/mol. The van der Waals surface area contributed by atoms with Gasteiger partial charge in [-0.25, -0.2) is 4.39 Å². The van der Waals surface area contributed by atoms with Crippen LogP contribution in [0.3, 0.4) is 0 Å². The number of ether oxygens (including phenoxy) is 1. The number of hydrogen-bond acceptors (Lipinski definition) is 1. The highest BCUT2D eigenvalue weighted by Gasteiger charge is 1.88. The fourth-order valence-corrected chi connectivity index (χ4v) is 0.702. The van der Waals surface area contributed by atoms with Crippen LogP contribution in [0.15, 0.2) is 30.3 Å². The van der Waals surface area contributed by atoms with Crippen molar-refractivity contribution in [3.05, 3.63) is 42.8 Å². The van der Waals surface area contributed by atoms with Gasteiger partial charge < -0.3 is 4.74 Å². The number of rotatable bonds is 3. The molecule has 0 amide bonds. The predicted molar refractivity (Wildman–Crippen MR) is 36.6 cm³/mol. The minimum absolute atomic E-state index is 0.201. The van der Waals surface area contributed by atoms with E-state index >= 15 is 0 Å². The van der Waals surface area contributed by atoms with E-state index in [4.69, 9.17) is 0 Å². The van der Waals surface area contributed by atoms with Gasteiger partial charge >= 0.3 is 0 Å². The molecule has 0 N–H and O–H groups in total. The lowest BCUT2D eigenvalue weighted by Crippen LogP contribution is -1.85. The van der Waals surface area contributed by atoms with Crippen LogP contribution in [0.5, 0.6) is 0 Å². The van der Waals surface area contributed by atoms with Crippen molar-refractivity contribution in [1.82, 2.24) is 0 Å². The van der Waals surface area contributed by atoms with E-state index in [1.54, 1.807) is 0 Å². The normalized spacial score (nSPS) is 9.70. The standard InChI is InChI=1S/C8H8FO/c9-7-10-6-8-4-2-1-3-5-8/h1-5,7H,6H2. The third-order valence-electron chi connectivity index (χ3n) is 1.16. The average Bonchev–Trinajstić information content (AvgIpc) is 2.03. The van der Waals surface area contributed by atoms with Crippen molar-refractivity contribution in [2.24, 2.45) is 0 Å². The lowest BCUT2D eigenvalue weighted by Gasteiger charge is -1.96. The van der Waals surface area contributed by atoms with E-state index < -0.39 is 0 Å². The molecule has 0 spiro atoms. The second kappa shape index (κ2) is 4.01. The molecule has 10 heavy (non-hydrogen) atoms. The maximum atomic E-state index is 11.3. The fraction of sp³-hybridized carbons (Fsp3) is 0.125. The summed E-state index contributed by atoms with van der Waals surface area (Å²) in [5.41, 5.74) is 0.969. The van der Waals surface area contributed by atoms with Crippen LogP contribution < -0.4 is 0 Å². The Hall–Kier alpha value is -0.890. The molecule has 0 saturated heterocycles. The van der Waals surface area contributed by atoms with Gasteiger partial charge in [-0.2, -0.15) is 0 Å². The van der Waals surface area contributed by atoms with Crippen LogP contribution in [0.4, 0.5) is 4.39 Å². The van der Waals surface area contributed by atoms with Crippen LogP contribution in [0.2, 0.25) is 0 Å². The predicted octanol–water partition coefficient (Wildman–Crippen LogP) is 2.29. The van der Waals surface area contributed by atoms with Crippen LogP contribution in [-0.4, -0.2) is 0 Å². The van der Waals surface area contributed by atoms with Gasteiger partial charge in [0.1, 0.15) is 0 Å². The summed E-state index contributed by atoms with van der Waals surface area (Å²) in [7, 11) is 0. The van der Waals surface area contributed by atoms with E-state index in [9.17, 15) is 4.39 Å². The molecule has 0 unspecified atom stereocenters. The lowest BCUT2D eigenvalue weighted by atomic mass is 10.2. The minimum atomic E-state index is 0.201. The monoisotopic (exact) mass is 139 g/mol. The molecule has 0 heterocycles. The van der Waals surface area contributed by atoms with Gasteiger partial charge in [-0.15, -0.1) is 0 Å². The first-order valence-corrected chi connectivity index (χ1v) is 3.01. The molecule has 0 atom stereocenters. The second-order valence-electron chi connectivity index (χ2n) is 1.89. The zero-order chi connectivity index (χ0) is 7.23. The van der Waals surface area contributed by atoms with Crippen LogP contribution in [0, 0.1) is 6.86 Å². The molecule has 0 aromatic heterocycles. The smallest absolute Gasteiger partial charge is 0.255 e. The highest BCUT2D eigenvalue weighted by atomic mass is 19.1. The molecule has 1 aromatic carbocycles. The third kappa shape index (κ3) is 2.15. The van der Waals surface area contributed by atoms with Crippen LogP contribution in [-0.2, 0) is 11.3 Å². The summed E-state index contributed by atoms with van der Waals surface area (Å²) in [6.45, 7) is 0.504. The largest absolute Gasteiger partial charge is 0.339 e. The van der Waals surface area contributed by atoms with Gasteiger partial charge in [-0.3, -0.25) is 0 Å². The zero-order valence-electron chi connectivity index (χ0n) is 5.46. The van der Waals surface area contributed by atoms with Crippen molar-refractivity contribution in [2.75, 3.05) is 0 Å². The number of hydrogen-bond donors (Lipinski definition) is 0. The molecule has 1 radical (unpaired) electrons. The van der Waals surface area contributed by atoms with Crippen LogP contribution >= 0.6 is 0 Å². The average molecular weight is 139 g/mol. The number of benzene rings is 1. The first kappa shape index (κ1) is 7.22. The van der Waals surface area contributed by atoms with E-state index in [2.05, 4.69) is 4.74 Å². The fourth-order valence-electron chi connectivity index (χ4n) is 0.702. The van der Waals surface area contributed by atoms with Gasteiger partial charge in [-0.05, 0) is 5.56 Å². The molecule has 1 aromatic rings. The minimum Gasteiger partial charge on any atom is -0.339 e. The summed E-state index contributed by atoms with van der Waals surface area (Å²) in [6, 6.07) is 9.43. The summed E-state index contributed by atoms with van der Waals surface area (Å²) in [5.74, 6) is 0. The zero-order valence-corrected chi connectivity index (χ0v) is 5.46. The van der Waals surface area contributed by atoms with Crippen molar-refractivity contribution in [2.45, 2.75) is 6.61 Å². The topological polar surface area (TPSA) is 9.23 Å². The van der Waals surface area contributed by atoms with Crippen LogP contribution in [0.1, 0.15) is 5.56 Å². The Morgan fingerprint density at radius 3 is 2.60 bits per heavy atom. The summed E-state index contributed by atoms with van der Waals surface area (Å²) in [5, 5.41) is 0. The molecule has 0 bridgehead atoms. The SMILES string of the molecule is F[CH]OCc1ccccc1. The Kier molecular flexibility index (Phi) is 2.90. The maximum absolute atomic E-state index is 11.3. The van der Waals surface area contributed by atoms with Gasteiger partial charge in [0.2, 0.25) is 0 Å². The molecule has 0 aliphatic carbocycles. The lowest BCUT2D eigenvalue weighted by molar-refractivity contribution is 0.120. The highest BCUT2D eigenvalue weighted by molar-refractivity contribution is 5.13. The third-order valence-corrected chi connectivity index (χ3v) is 1.16. The van der Waals surface area contributed by atoms with Crippen molar-refractivity contribution in [3.63, 3.8) is 0 Å². The number of halogens is 1. The van der Waals surface area contributed by atoms with Crippen LogP contribution in [0.25, 0.3) is 0 Å². The van der Waals surface area contributed by atoms with Crippen molar-refractivity contribution >= 4 is 0 Å². The van der Waals surface area contributed by atoms with Crippen molar-refractivity contribution in [3.8, 4) is 0 Å². The summed E-state index contributed by atoms with van der Waals surface area (Å²) in [4.78, 5) is 0. The van der Waals surface area contributed by atoms with Gasteiger partial charge in [0.15, 0.2) is 0 Å². The summed E-state index contributed by atoms with van der Waals surface area (Å²) < 4.78 is 15.8. The van der Waals surface area contributed by atoms with Gasteiger partial charge in [-0.1, -0.05) is 30.3 Å². The molecule has 2 heteroatoms. The maximum Gasteiger partial charge on any atom is 0.255 e. The van der Waals surface area contributed by atoms with E-state index in [-0.39, 0.29) is 6.86 Å². The Bertz CT molecular complexity index is 174. The molecule has 1 rings (SSSR count). The Labute approximate surface area is 59.4 Å². The van der Waals surface area contributed by atoms with Crippen molar-refractivity contribution in [1.29, 1.82) is 0 Å². The van der Waals surface area contributed by atoms with E-state index in [0.29, 0.717) is 6.61 Å².